The van der Waals surface area contributed by atoms with E-state index in [1.54, 1.807) is 11.8 Å². The molecule has 0 radical (unpaired) electrons. The number of halogens is 1. The number of rotatable bonds is 5. The van der Waals surface area contributed by atoms with Gasteiger partial charge in [-0.3, -0.25) is 4.79 Å². The lowest BCUT2D eigenvalue weighted by Crippen LogP contribution is -2.19. The Balaban J connectivity index is 2.40. The van der Waals surface area contributed by atoms with Crippen molar-refractivity contribution in [3.8, 4) is 0 Å². The largest absolute Gasteiger partial charge is 0.329 e. The number of carbonyl (C=O) groups is 1. The first-order chi connectivity index (χ1) is 7.61. The molecule has 5 heteroatoms. The number of amides is 1. The van der Waals surface area contributed by atoms with Crippen molar-refractivity contribution in [1.82, 2.24) is 0 Å². The van der Waals surface area contributed by atoms with Crippen molar-refractivity contribution in [3.63, 3.8) is 0 Å². The number of nitrogens with two attached hydrogens (primary N) is 1. The minimum atomic E-state index is 0.00315. The summed E-state index contributed by atoms with van der Waals surface area (Å²) in [5.74, 6) is 0.439. The van der Waals surface area contributed by atoms with Crippen LogP contribution in [0.1, 0.15) is 6.92 Å². The smallest absolute Gasteiger partial charge is 0.234 e. The third-order valence-corrected chi connectivity index (χ3v) is 3.62. The van der Waals surface area contributed by atoms with Gasteiger partial charge in [-0.2, -0.15) is 0 Å². The van der Waals surface area contributed by atoms with E-state index in [2.05, 4.69) is 21.2 Å². The number of hydrogen-bond acceptors (Lipinski definition) is 3. The fraction of sp³-hybridized carbons (Fsp3) is 0.364. The Hall–Kier alpha value is -0.520. The molecule has 16 heavy (non-hydrogen) atoms. The summed E-state index contributed by atoms with van der Waals surface area (Å²) in [5, 5.41) is 3.14. The Morgan fingerprint density at radius 3 is 3.00 bits per heavy atom. The molecule has 0 saturated carbocycles. The van der Waals surface area contributed by atoms with E-state index in [1.165, 1.54) is 0 Å². The normalized spacial score (nSPS) is 12.2. The molecule has 0 heterocycles. The number of carbonyl (C=O) groups excluding carboxylic acids is 1. The van der Waals surface area contributed by atoms with E-state index < -0.39 is 0 Å². The topological polar surface area (TPSA) is 55.1 Å². The molecular formula is C11H15BrN2OS. The highest BCUT2D eigenvalue weighted by Crippen LogP contribution is 2.16. The van der Waals surface area contributed by atoms with E-state index in [-0.39, 0.29) is 5.91 Å². The second kappa shape index (κ2) is 6.93. The molecule has 1 rings (SSSR count). The first-order valence-corrected chi connectivity index (χ1v) is 6.83. The molecule has 3 N–H and O–H groups in total. The molecule has 0 spiro atoms. The fourth-order valence-corrected chi connectivity index (χ4v) is 2.09. The lowest BCUT2D eigenvalue weighted by molar-refractivity contribution is -0.113. The predicted octanol–water partition coefficient (Wildman–Crippen LogP) is 2.47. The van der Waals surface area contributed by atoms with E-state index in [1.807, 2.05) is 31.2 Å². The van der Waals surface area contributed by atoms with Gasteiger partial charge in [0.1, 0.15) is 0 Å². The zero-order chi connectivity index (χ0) is 12.0. The molecule has 0 aliphatic carbocycles. The van der Waals surface area contributed by atoms with Crippen LogP contribution in [0.4, 0.5) is 5.69 Å². The van der Waals surface area contributed by atoms with Crippen molar-refractivity contribution < 1.29 is 4.79 Å². The van der Waals surface area contributed by atoms with E-state index >= 15 is 0 Å². The van der Waals surface area contributed by atoms with Crippen molar-refractivity contribution >= 4 is 39.3 Å². The average Bonchev–Trinajstić information content (AvgIpc) is 2.26. The molecule has 88 valence electrons. The number of nitrogens with one attached hydrogen (secondary N) is 1. The molecule has 1 aromatic rings. The third kappa shape index (κ3) is 5.01. The number of anilines is 1. The van der Waals surface area contributed by atoms with Gasteiger partial charge in [0, 0.05) is 22.0 Å². The summed E-state index contributed by atoms with van der Waals surface area (Å²) in [6, 6.07) is 7.53. The molecular weight excluding hydrogens is 288 g/mol. The minimum Gasteiger partial charge on any atom is -0.329 e. The van der Waals surface area contributed by atoms with Crippen LogP contribution in [0.2, 0.25) is 0 Å². The summed E-state index contributed by atoms with van der Waals surface area (Å²) in [4.78, 5) is 11.6. The number of thioether (sulfide) groups is 1. The van der Waals surface area contributed by atoms with Gasteiger partial charge < -0.3 is 11.1 Å². The van der Waals surface area contributed by atoms with Gasteiger partial charge in [0.15, 0.2) is 0 Å². The van der Waals surface area contributed by atoms with E-state index in [9.17, 15) is 4.79 Å². The van der Waals surface area contributed by atoms with Crippen LogP contribution < -0.4 is 11.1 Å². The van der Waals surface area contributed by atoms with Crippen molar-refractivity contribution in [1.29, 1.82) is 0 Å². The van der Waals surface area contributed by atoms with Crippen LogP contribution in [0, 0.1) is 0 Å². The lowest BCUT2D eigenvalue weighted by Gasteiger charge is -2.08. The Morgan fingerprint density at radius 1 is 1.62 bits per heavy atom. The molecule has 1 amide bonds. The molecule has 1 unspecified atom stereocenters. The average molecular weight is 303 g/mol. The molecule has 0 fully saturated rings. The highest BCUT2D eigenvalue weighted by atomic mass is 79.9. The molecule has 0 aromatic heterocycles. The molecule has 0 saturated heterocycles. The lowest BCUT2D eigenvalue weighted by atomic mass is 10.3. The second-order valence-corrected chi connectivity index (χ2v) is 5.76. The Labute approximate surface area is 108 Å². The Kier molecular flexibility index (Phi) is 5.87. The van der Waals surface area contributed by atoms with Gasteiger partial charge in [0.25, 0.3) is 0 Å². The van der Waals surface area contributed by atoms with Gasteiger partial charge in [-0.15, -0.1) is 11.8 Å². The summed E-state index contributed by atoms with van der Waals surface area (Å²) < 4.78 is 0.952. The summed E-state index contributed by atoms with van der Waals surface area (Å²) in [7, 11) is 0. The quantitative estimate of drug-likeness (QED) is 0.878. The molecule has 0 bridgehead atoms. The van der Waals surface area contributed by atoms with E-state index in [0.717, 1.165) is 10.2 Å². The standard InChI is InChI=1S/C11H15BrN2OS/c1-8(6-13)16-7-11(15)14-10-4-2-3-9(12)5-10/h2-5,8H,6-7,13H2,1H3,(H,14,15). The molecule has 1 aromatic carbocycles. The maximum absolute atomic E-state index is 11.6. The molecule has 0 aliphatic rings. The number of hydrogen-bond donors (Lipinski definition) is 2. The molecule has 1 atom stereocenters. The van der Waals surface area contributed by atoms with Crippen molar-refractivity contribution in [2.24, 2.45) is 5.73 Å². The van der Waals surface area contributed by atoms with Gasteiger partial charge in [0.05, 0.1) is 5.75 Å². The summed E-state index contributed by atoms with van der Waals surface area (Å²) in [5.41, 5.74) is 6.28. The zero-order valence-corrected chi connectivity index (χ0v) is 11.5. The van der Waals surface area contributed by atoms with Crippen molar-refractivity contribution in [2.45, 2.75) is 12.2 Å². The Morgan fingerprint density at radius 2 is 2.38 bits per heavy atom. The zero-order valence-electron chi connectivity index (χ0n) is 9.07. The molecule has 3 nitrogen and oxygen atoms in total. The van der Waals surface area contributed by atoms with Crippen LogP contribution >= 0.6 is 27.7 Å². The SMILES string of the molecule is CC(CN)SCC(=O)Nc1cccc(Br)c1. The summed E-state index contributed by atoms with van der Waals surface area (Å²) in [6.07, 6.45) is 0. The third-order valence-electron chi connectivity index (χ3n) is 1.94. The van der Waals surface area contributed by atoms with Crippen molar-refractivity contribution in [3.05, 3.63) is 28.7 Å². The fourth-order valence-electron chi connectivity index (χ4n) is 1.05. The predicted molar refractivity (Wildman–Crippen MR) is 73.7 cm³/mol. The van der Waals surface area contributed by atoms with Gasteiger partial charge in [-0.1, -0.05) is 28.9 Å². The second-order valence-electron chi connectivity index (χ2n) is 3.42. The minimum absolute atomic E-state index is 0.00315. The maximum Gasteiger partial charge on any atom is 0.234 e. The van der Waals surface area contributed by atoms with Gasteiger partial charge in [0.2, 0.25) is 5.91 Å². The monoisotopic (exact) mass is 302 g/mol. The number of benzene rings is 1. The van der Waals surface area contributed by atoms with E-state index in [0.29, 0.717) is 17.5 Å². The summed E-state index contributed by atoms with van der Waals surface area (Å²) >= 11 is 4.91. The highest BCUT2D eigenvalue weighted by Gasteiger charge is 2.06. The van der Waals surface area contributed by atoms with Gasteiger partial charge >= 0.3 is 0 Å². The first-order valence-electron chi connectivity index (χ1n) is 4.99. The van der Waals surface area contributed by atoms with Gasteiger partial charge in [-0.05, 0) is 18.2 Å². The van der Waals surface area contributed by atoms with Crippen LogP contribution in [0.5, 0.6) is 0 Å². The van der Waals surface area contributed by atoms with Crippen LogP contribution in [-0.2, 0) is 4.79 Å². The van der Waals surface area contributed by atoms with Gasteiger partial charge in [-0.25, -0.2) is 0 Å². The van der Waals surface area contributed by atoms with E-state index in [4.69, 9.17) is 5.73 Å². The molecule has 0 aliphatic heterocycles. The van der Waals surface area contributed by atoms with Crippen LogP contribution in [0.15, 0.2) is 28.7 Å². The Bertz CT molecular complexity index is 360. The maximum atomic E-state index is 11.6. The van der Waals surface area contributed by atoms with Crippen LogP contribution in [0.25, 0.3) is 0 Å². The van der Waals surface area contributed by atoms with Crippen LogP contribution in [0.3, 0.4) is 0 Å². The summed E-state index contributed by atoms with van der Waals surface area (Å²) in [6.45, 7) is 2.60. The first kappa shape index (κ1) is 13.5. The van der Waals surface area contributed by atoms with Crippen molar-refractivity contribution in [2.75, 3.05) is 17.6 Å². The van der Waals surface area contributed by atoms with Crippen LogP contribution in [-0.4, -0.2) is 23.5 Å². The highest BCUT2D eigenvalue weighted by molar-refractivity contribution is 9.10.